The molecule has 0 atom stereocenters. The molecule has 0 bridgehead atoms. The average molecular weight is 438 g/mol. The van der Waals surface area contributed by atoms with Crippen LogP contribution in [-0.4, -0.2) is 36.3 Å². The van der Waals surface area contributed by atoms with E-state index in [1.165, 1.54) is 23.4 Å². The summed E-state index contributed by atoms with van der Waals surface area (Å²) in [5, 5.41) is 10.6. The van der Waals surface area contributed by atoms with Crippen molar-refractivity contribution in [2.75, 3.05) is 26.3 Å². The maximum Gasteiger partial charge on any atom is 0.354 e. The van der Waals surface area contributed by atoms with Crippen LogP contribution in [0.15, 0.2) is 73.6 Å². The zero-order valence-electron chi connectivity index (χ0n) is 17.8. The van der Waals surface area contributed by atoms with Crippen LogP contribution in [0.25, 0.3) is 11.3 Å². The molecule has 0 radical (unpaired) electrons. The van der Waals surface area contributed by atoms with Gasteiger partial charge in [0.15, 0.2) is 0 Å². The number of aromatic hydroxyl groups is 1. The number of ether oxygens (including phenoxy) is 1. The normalized spacial score (nSPS) is 14.8. The summed E-state index contributed by atoms with van der Waals surface area (Å²) in [6.45, 7) is 8.59. The molecule has 0 saturated carbocycles. The third-order valence-electron chi connectivity index (χ3n) is 5.36. The first-order valence-electron chi connectivity index (χ1n) is 10.5. The fraction of sp³-hybridized carbons (Fsp3) is 0.320. The van der Waals surface area contributed by atoms with Crippen LogP contribution in [0.5, 0.6) is 5.75 Å². The Bertz CT molecular complexity index is 1090. The van der Waals surface area contributed by atoms with Crippen molar-refractivity contribution in [1.82, 2.24) is 4.90 Å². The van der Waals surface area contributed by atoms with Crippen molar-refractivity contribution in [3.05, 3.63) is 76.1 Å². The number of hydrogen-bond donors (Lipinski definition) is 1. The summed E-state index contributed by atoms with van der Waals surface area (Å²) in [5.74, 6) is 0.578. The molecule has 1 aromatic heterocycles. The molecule has 0 spiro atoms. The zero-order valence-corrected chi connectivity index (χ0v) is 18.7. The molecule has 5 nitrogen and oxygen atoms in total. The molecule has 3 aromatic rings. The van der Waals surface area contributed by atoms with E-state index in [9.17, 15) is 9.90 Å². The van der Waals surface area contributed by atoms with Gasteiger partial charge in [0.05, 0.1) is 13.2 Å². The van der Waals surface area contributed by atoms with Crippen molar-refractivity contribution in [2.24, 2.45) is 0 Å². The van der Waals surface area contributed by atoms with Crippen molar-refractivity contribution in [3.63, 3.8) is 0 Å². The van der Waals surface area contributed by atoms with Crippen molar-refractivity contribution in [3.8, 4) is 17.1 Å². The topological polar surface area (TPSA) is 62.9 Å². The van der Waals surface area contributed by atoms with Gasteiger partial charge in [-0.15, -0.1) is 0 Å². The Balaban J connectivity index is 1.60. The fourth-order valence-electron chi connectivity index (χ4n) is 3.68. The lowest BCUT2D eigenvalue weighted by atomic mass is 10.0. The van der Waals surface area contributed by atoms with E-state index in [1.54, 1.807) is 0 Å². The second kappa shape index (κ2) is 9.73. The van der Waals surface area contributed by atoms with E-state index < -0.39 is 5.63 Å². The van der Waals surface area contributed by atoms with Gasteiger partial charge in [-0.3, -0.25) is 4.90 Å². The second-order valence-electron chi connectivity index (χ2n) is 8.00. The van der Waals surface area contributed by atoms with Crippen LogP contribution in [0, 0.1) is 0 Å². The molecular formula is C25H27NO4S. The van der Waals surface area contributed by atoms with Gasteiger partial charge in [-0.25, -0.2) is 4.79 Å². The number of nitrogens with zero attached hydrogens (tertiary/aromatic N) is 1. The molecule has 2 heterocycles. The summed E-state index contributed by atoms with van der Waals surface area (Å²) in [6.07, 6.45) is 0. The van der Waals surface area contributed by atoms with E-state index in [-0.39, 0.29) is 16.6 Å². The highest BCUT2D eigenvalue weighted by molar-refractivity contribution is 7.99. The molecule has 1 aliphatic rings. The quantitative estimate of drug-likeness (QED) is 0.578. The summed E-state index contributed by atoms with van der Waals surface area (Å²) in [6, 6.07) is 17.2. The van der Waals surface area contributed by atoms with Gasteiger partial charge < -0.3 is 14.3 Å². The third-order valence-corrected chi connectivity index (χ3v) is 6.54. The van der Waals surface area contributed by atoms with Gasteiger partial charge in [-0.2, -0.15) is 0 Å². The SMILES string of the molecule is CC(C)c1cc(CN2CCOCC2)ccc1Sc1c(O)cc(-c2ccccc2)oc1=O. The Morgan fingerprint density at radius 3 is 2.48 bits per heavy atom. The molecule has 4 rings (SSSR count). The van der Waals surface area contributed by atoms with Crippen molar-refractivity contribution >= 4 is 11.8 Å². The largest absolute Gasteiger partial charge is 0.506 e. The van der Waals surface area contributed by atoms with Crippen LogP contribution >= 0.6 is 11.8 Å². The Morgan fingerprint density at radius 2 is 1.81 bits per heavy atom. The minimum Gasteiger partial charge on any atom is -0.506 e. The molecule has 31 heavy (non-hydrogen) atoms. The van der Waals surface area contributed by atoms with Crippen molar-refractivity contribution < 1.29 is 14.3 Å². The van der Waals surface area contributed by atoms with Crippen LogP contribution in [-0.2, 0) is 11.3 Å². The number of hydrogen-bond acceptors (Lipinski definition) is 6. The number of benzene rings is 2. The van der Waals surface area contributed by atoms with Crippen LogP contribution in [0.1, 0.15) is 30.9 Å². The molecule has 0 unspecified atom stereocenters. The molecule has 1 aliphatic heterocycles. The van der Waals surface area contributed by atoms with Gasteiger partial charge in [0, 0.05) is 36.2 Å². The Morgan fingerprint density at radius 1 is 1.06 bits per heavy atom. The lowest BCUT2D eigenvalue weighted by Gasteiger charge is -2.27. The smallest absolute Gasteiger partial charge is 0.354 e. The monoisotopic (exact) mass is 437 g/mol. The first-order valence-corrected chi connectivity index (χ1v) is 11.4. The summed E-state index contributed by atoms with van der Waals surface area (Å²) in [7, 11) is 0. The molecule has 162 valence electrons. The standard InChI is InChI=1S/C25H27NO4S/c1-17(2)20-14-18(16-26-10-12-29-13-11-26)8-9-23(20)31-24-21(27)15-22(30-25(24)28)19-6-4-3-5-7-19/h3-9,14-15,17,27H,10-13,16H2,1-2H3. The minimum absolute atomic E-state index is 0.0628. The molecule has 1 N–H and O–H groups in total. The molecule has 6 heteroatoms. The number of rotatable bonds is 6. The van der Waals surface area contributed by atoms with Gasteiger partial charge in [0.25, 0.3) is 0 Å². The van der Waals surface area contributed by atoms with Crippen molar-refractivity contribution in [1.29, 1.82) is 0 Å². The Hall–Kier alpha value is -2.54. The van der Waals surface area contributed by atoms with E-state index in [0.29, 0.717) is 5.76 Å². The summed E-state index contributed by atoms with van der Waals surface area (Å²) in [5.41, 5.74) is 2.62. The fourth-order valence-corrected chi connectivity index (χ4v) is 4.73. The summed E-state index contributed by atoms with van der Waals surface area (Å²) in [4.78, 5) is 16.2. The number of morpholine rings is 1. The van der Waals surface area contributed by atoms with E-state index in [1.807, 2.05) is 36.4 Å². The predicted octanol–water partition coefficient (Wildman–Crippen LogP) is 5.12. The van der Waals surface area contributed by atoms with Crippen LogP contribution in [0.4, 0.5) is 0 Å². The maximum absolute atomic E-state index is 12.7. The van der Waals surface area contributed by atoms with E-state index in [0.717, 1.165) is 48.9 Å². The van der Waals surface area contributed by atoms with Crippen LogP contribution in [0.3, 0.4) is 0 Å². The van der Waals surface area contributed by atoms with Crippen molar-refractivity contribution in [2.45, 2.75) is 36.1 Å². The lowest BCUT2D eigenvalue weighted by Crippen LogP contribution is -2.35. The Labute approximate surface area is 186 Å². The molecule has 1 fully saturated rings. The average Bonchev–Trinajstić information content (AvgIpc) is 2.78. The lowest BCUT2D eigenvalue weighted by molar-refractivity contribution is 0.0342. The van der Waals surface area contributed by atoms with Gasteiger partial charge in [0.1, 0.15) is 16.4 Å². The highest BCUT2D eigenvalue weighted by Crippen LogP contribution is 2.38. The summed E-state index contributed by atoms with van der Waals surface area (Å²) >= 11 is 1.26. The van der Waals surface area contributed by atoms with Crippen LogP contribution < -0.4 is 5.63 Å². The Kier molecular flexibility index (Phi) is 6.80. The van der Waals surface area contributed by atoms with Gasteiger partial charge in [-0.1, -0.05) is 68.1 Å². The predicted molar refractivity (Wildman–Crippen MR) is 123 cm³/mol. The van der Waals surface area contributed by atoms with Gasteiger partial charge >= 0.3 is 5.63 Å². The molecule has 0 aliphatic carbocycles. The summed E-state index contributed by atoms with van der Waals surface area (Å²) < 4.78 is 11.0. The van der Waals surface area contributed by atoms with E-state index in [4.69, 9.17) is 9.15 Å². The van der Waals surface area contributed by atoms with Gasteiger partial charge in [0.2, 0.25) is 0 Å². The van der Waals surface area contributed by atoms with E-state index in [2.05, 4.69) is 30.9 Å². The second-order valence-corrected chi connectivity index (χ2v) is 9.05. The van der Waals surface area contributed by atoms with Gasteiger partial charge in [-0.05, 0) is 23.1 Å². The first kappa shape index (κ1) is 21.7. The first-order chi connectivity index (χ1) is 15.0. The minimum atomic E-state index is -0.532. The molecule has 0 amide bonds. The third kappa shape index (κ3) is 5.21. The molecular weight excluding hydrogens is 410 g/mol. The van der Waals surface area contributed by atoms with Crippen LogP contribution in [0.2, 0.25) is 0 Å². The molecule has 1 saturated heterocycles. The molecule has 2 aromatic carbocycles. The highest BCUT2D eigenvalue weighted by atomic mass is 32.2. The zero-order chi connectivity index (χ0) is 21.8. The highest BCUT2D eigenvalue weighted by Gasteiger charge is 2.18. The maximum atomic E-state index is 12.7. The van der Waals surface area contributed by atoms with E-state index >= 15 is 0 Å².